The minimum atomic E-state index is -0.322. The zero-order chi connectivity index (χ0) is 15.4. The van der Waals surface area contributed by atoms with Crippen LogP contribution in [0.1, 0.15) is 23.2 Å². The fourth-order valence-corrected chi connectivity index (χ4v) is 2.69. The monoisotopic (exact) mass is 295 g/mol. The van der Waals surface area contributed by atoms with Crippen LogP contribution in [0.15, 0.2) is 54.6 Å². The molecule has 1 heterocycles. The second kappa shape index (κ2) is 6.43. The fraction of sp³-hybridized carbons (Fsp3) is 0.222. The maximum Gasteiger partial charge on any atom is 0.258 e. The molecule has 0 spiro atoms. The Labute approximate surface area is 129 Å². The lowest BCUT2D eigenvalue weighted by Crippen LogP contribution is -2.36. The molecule has 1 fully saturated rings. The van der Waals surface area contributed by atoms with Crippen molar-refractivity contribution in [2.24, 2.45) is 0 Å². The molecule has 0 aromatic heterocycles. The maximum atomic E-state index is 12.7. The summed E-state index contributed by atoms with van der Waals surface area (Å²) in [5.74, 6) is 1.03. The predicted molar refractivity (Wildman–Crippen MR) is 83.1 cm³/mol. The first-order valence-electron chi connectivity index (χ1n) is 7.38. The largest absolute Gasteiger partial charge is 0.457 e. The molecule has 1 amide bonds. The Morgan fingerprint density at radius 2 is 1.82 bits per heavy atom. The number of likely N-dealkylation sites (tertiary alicyclic amines) is 1. The lowest BCUT2D eigenvalue weighted by molar-refractivity contribution is -0.111. The van der Waals surface area contributed by atoms with Crippen LogP contribution in [0.2, 0.25) is 0 Å². The number of carbonyl (C=O) groups excluding carboxylic acids is 2. The number of ether oxygens (including phenoxy) is 1. The molecular weight excluding hydrogens is 278 g/mol. The van der Waals surface area contributed by atoms with Gasteiger partial charge in [0, 0.05) is 6.54 Å². The molecule has 0 bridgehead atoms. The first-order chi connectivity index (χ1) is 10.8. The molecule has 1 atom stereocenters. The van der Waals surface area contributed by atoms with Crippen molar-refractivity contribution in [1.29, 1.82) is 0 Å². The summed E-state index contributed by atoms with van der Waals surface area (Å²) in [6.45, 7) is 0.613. The van der Waals surface area contributed by atoms with Crippen molar-refractivity contribution in [3.05, 3.63) is 60.2 Å². The van der Waals surface area contributed by atoms with Gasteiger partial charge in [0.25, 0.3) is 5.91 Å². The summed E-state index contributed by atoms with van der Waals surface area (Å²) in [7, 11) is 0. The summed E-state index contributed by atoms with van der Waals surface area (Å²) in [6.07, 6.45) is 2.44. The van der Waals surface area contributed by atoms with Crippen LogP contribution in [0.4, 0.5) is 0 Å². The fourth-order valence-electron chi connectivity index (χ4n) is 2.69. The Morgan fingerprint density at radius 1 is 1.09 bits per heavy atom. The molecule has 2 aromatic carbocycles. The average Bonchev–Trinajstić information content (AvgIpc) is 3.04. The van der Waals surface area contributed by atoms with E-state index in [1.54, 1.807) is 23.1 Å². The Kier molecular flexibility index (Phi) is 4.19. The summed E-state index contributed by atoms with van der Waals surface area (Å²) in [5, 5.41) is 0. The minimum absolute atomic E-state index is 0.152. The van der Waals surface area contributed by atoms with E-state index >= 15 is 0 Å². The third kappa shape index (κ3) is 2.86. The Bertz CT molecular complexity index is 669. The van der Waals surface area contributed by atoms with Crippen LogP contribution in [0, 0.1) is 0 Å². The van der Waals surface area contributed by atoms with Gasteiger partial charge in [-0.2, -0.15) is 0 Å². The van der Waals surface area contributed by atoms with Gasteiger partial charge >= 0.3 is 0 Å². The molecule has 1 aliphatic heterocycles. The summed E-state index contributed by atoms with van der Waals surface area (Å²) in [6, 6.07) is 16.2. The highest BCUT2D eigenvalue weighted by Crippen LogP contribution is 2.28. The van der Waals surface area contributed by atoms with Gasteiger partial charge in [-0.25, -0.2) is 0 Å². The summed E-state index contributed by atoms with van der Waals surface area (Å²) in [5.41, 5.74) is 0.486. The molecule has 0 radical (unpaired) electrons. The van der Waals surface area contributed by atoms with E-state index in [-0.39, 0.29) is 11.9 Å². The van der Waals surface area contributed by atoms with Gasteiger partial charge < -0.3 is 14.4 Å². The van der Waals surface area contributed by atoms with E-state index in [9.17, 15) is 9.59 Å². The lowest BCUT2D eigenvalue weighted by Gasteiger charge is -2.21. The molecule has 0 N–H and O–H groups in total. The van der Waals surface area contributed by atoms with Crippen molar-refractivity contribution in [2.45, 2.75) is 18.9 Å². The van der Waals surface area contributed by atoms with Gasteiger partial charge in [-0.1, -0.05) is 30.3 Å². The van der Waals surface area contributed by atoms with Crippen molar-refractivity contribution < 1.29 is 14.3 Å². The van der Waals surface area contributed by atoms with E-state index in [1.807, 2.05) is 36.4 Å². The standard InChI is InChI=1S/C18H17NO3/c20-13-14-7-6-12-19(14)18(21)16-10-4-5-11-17(16)22-15-8-2-1-3-9-15/h1-5,8-11,13-14H,6-7,12H2. The summed E-state index contributed by atoms with van der Waals surface area (Å²) in [4.78, 5) is 25.4. The molecule has 112 valence electrons. The van der Waals surface area contributed by atoms with Gasteiger partial charge in [0.2, 0.25) is 0 Å². The highest BCUT2D eigenvalue weighted by atomic mass is 16.5. The number of rotatable bonds is 4. The Balaban J connectivity index is 1.88. The van der Waals surface area contributed by atoms with Crippen molar-refractivity contribution in [1.82, 2.24) is 4.90 Å². The second-order valence-corrected chi connectivity index (χ2v) is 5.26. The first kappa shape index (κ1) is 14.3. The number of carbonyl (C=O) groups is 2. The van der Waals surface area contributed by atoms with E-state index in [4.69, 9.17) is 4.74 Å². The van der Waals surface area contributed by atoms with Crippen LogP contribution >= 0.6 is 0 Å². The quantitative estimate of drug-likeness (QED) is 0.813. The molecule has 4 nitrogen and oxygen atoms in total. The minimum Gasteiger partial charge on any atom is -0.457 e. The van der Waals surface area contributed by atoms with Gasteiger partial charge in [0.1, 0.15) is 17.8 Å². The number of benzene rings is 2. The van der Waals surface area contributed by atoms with E-state index < -0.39 is 0 Å². The van der Waals surface area contributed by atoms with Gasteiger partial charge in [0.15, 0.2) is 0 Å². The number of amides is 1. The first-order valence-corrected chi connectivity index (χ1v) is 7.38. The number of hydrogen-bond donors (Lipinski definition) is 0. The molecule has 1 aliphatic rings. The van der Waals surface area contributed by atoms with E-state index in [0.29, 0.717) is 23.6 Å². The Morgan fingerprint density at radius 3 is 2.59 bits per heavy atom. The van der Waals surface area contributed by atoms with E-state index in [2.05, 4.69) is 0 Å². The van der Waals surface area contributed by atoms with Crippen LogP contribution in [0.25, 0.3) is 0 Å². The van der Waals surface area contributed by atoms with Crippen molar-refractivity contribution in [3.8, 4) is 11.5 Å². The zero-order valence-electron chi connectivity index (χ0n) is 12.1. The number of para-hydroxylation sites is 2. The molecule has 0 saturated carbocycles. The third-order valence-corrected chi connectivity index (χ3v) is 3.81. The molecule has 2 aromatic rings. The molecule has 4 heteroatoms. The van der Waals surface area contributed by atoms with Crippen molar-refractivity contribution >= 4 is 12.2 Å². The van der Waals surface area contributed by atoms with Gasteiger partial charge in [-0.05, 0) is 37.1 Å². The number of aldehydes is 1. The van der Waals surface area contributed by atoms with Gasteiger partial charge in [-0.3, -0.25) is 4.79 Å². The summed E-state index contributed by atoms with van der Waals surface area (Å²) >= 11 is 0. The highest BCUT2D eigenvalue weighted by molar-refractivity contribution is 5.98. The zero-order valence-corrected chi connectivity index (χ0v) is 12.1. The van der Waals surface area contributed by atoms with Gasteiger partial charge in [0.05, 0.1) is 11.6 Å². The molecule has 3 rings (SSSR count). The van der Waals surface area contributed by atoms with E-state index in [1.165, 1.54) is 0 Å². The lowest BCUT2D eigenvalue weighted by atomic mass is 10.1. The molecule has 22 heavy (non-hydrogen) atoms. The highest BCUT2D eigenvalue weighted by Gasteiger charge is 2.30. The molecule has 1 unspecified atom stereocenters. The van der Waals surface area contributed by atoms with Crippen molar-refractivity contribution in [2.75, 3.05) is 6.54 Å². The third-order valence-electron chi connectivity index (χ3n) is 3.81. The molecule has 1 saturated heterocycles. The molecule has 0 aliphatic carbocycles. The van der Waals surface area contributed by atoms with Crippen LogP contribution in [-0.4, -0.2) is 29.7 Å². The summed E-state index contributed by atoms with van der Waals surface area (Å²) < 4.78 is 5.82. The van der Waals surface area contributed by atoms with Crippen LogP contribution in [0.5, 0.6) is 11.5 Å². The average molecular weight is 295 g/mol. The normalized spacial score (nSPS) is 17.3. The van der Waals surface area contributed by atoms with Crippen LogP contribution < -0.4 is 4.74 Å². The van der Waals surface area contributed by atoms with Crippen LogP contribution in [0.3, 0.4) is 0 Å². The topological polar surface area (TPSA) is 46.6 Å². The van der Waals surface area contributed by atoms with Crippen molar-refractivity contribution in [3.63, 3.8) is 0 Å². The SMILES string of the molecule is O=CC1CCCN1C(=O)c1ccccc1Oc1ccccc1. The Hall–Kier alpha value is -2.62. The smallest absolute Gasteiger partial charge is 0.258 e. The maximum absolute atomic E-state index is 12.7. The van der Waals surface area contributed by atoms with Gasteiger partial charge in [-0.15, -0.1) is 0 Å². The van der Waals surface area contributed by atoms with Crippen LogP contribution in [-0.2, 0) is 4.79 Å². The van der Waals surface area contributed by atoms with E-state index in [0.717, 1.165) is 19.1 Å². The predicted octanol–water partition coefficient (Wildman–Crippen LogP) is 3.28. The second-order valence-electron chi connectivity index (χ2n) is 5.26. The number of hydrogen-bond acceptors (Lipinski definition) is 3. The number of nitrogens with zero attached hydrogens (tertiary/aromatic N) is 1. The molecular formula is C18H17NO3.